The van der Waals surface area contributed by atoms with Gasteiger partial charge in [0.1, 0.15) is 11.6 Å². The summed E-state index contributed by atoms with van der Waals surface area (Å²) < 4.78 is 5.08. The number of nitriles is 1. The smallest absolute Gasteiger partial charge is 0.349 e. The Balaban J connectivity index is 2.14. The van der Waals surface area contributed by atoms with E-state index in [-0.39, 0.29) is 11.7 Å². The normalized spacial score (nSPS) is 11.1. The average molecular weight is 348 g/mol. The lowest BCUT2D eigenvalue weighted by molar-refractivity contribution is -0.142. The maximum Gasteiger partial charge on any atom is 0.349 e. The number of esters is 1. The molecular formula is C22H24N2O2. The summed E-state index contributed by atoms with van der Waals surface area (Å²) >= 11 is 0. The fourth-order valence-electron chi connectivity index (χ4n) is 2.55. The van der Waals surface area contributed by atoms with Crippen LogP contribution in [0.4, 0.5) is 5.69 Å². The van der Waals surface area contributed by atoms with Crippen LogP contribution in [-0.4, -0.2) is 18.6 Å². The van der Waals surface area contributed by atoms with E-state index in [1.54, 1.807) is 19.9 Å². The van der Waals surface area contributed by atoms with Crippen LogP contribution in [0.2, 0.25) is 0 Å². The van der Waals surface area contributed by atoms with Gasteiger partial charge in [0, 0.05) is 18.8 Å². The van der Waals surface area contributed by atoms with Gasteiger partial charge in [0.05, 0.1) is 6.10 Å². The van der Waals surface area contributed by atoms with Crippen molar-refractivity contribution in [3.8, 4) is 6.07 Å². The summed E-state index contributed by atoms with van der Waals surface area (Å²) in [5, 5.41) is 9.19. The molecule has 0 saturated carbocycles. The average Bonchev–Trinajstić information content (AvgIpc) is 2.65. The van der Waals surface area contributed by atoms with Crippen molar-refractivity contribution in [3.63, 3.8) is 0 Å². The Morgan fingerprint density at radius 1 is 1.15 bits per heavy atom. The zero-order chi connectivity index (χ0) is 18.9. The standard InChI is InChI=1S/C22H24N2O2/c1-4-24(16-19-8-6-5-7-9-19)21-12-10-18(11-13-21)14-20(15-23)22(25)26-17(2)3/h5-14,17H,4,16H2,1-3H3/b20-14+. The van der Waals surface area contributed by atoms with Crippen LogP contribution < -0.4 is 4.90 Å². The van der Waals surface area contributed by atoms with Crippen molar-refractivity contribution in [2.45, 2.75) is 33.4 Å². The number of hydrogen-bond donors (Lipinski definition) is 0. The molecule has 0 amide bonds. The lowest BCUT2D eigenvalue weighted by Gasteiger charge is -2.23. The summed E-state index contributed by atoms with van der Waals surface area (Å²) in [6, 6.07) is 20.0. The first kappa shape index (κ1) is 19.3. The number of carbonyl (C=O) groups is 1. The molecule has 4 heteroatoms. The van der Waals surface area contributed by atoms with E-state index < -0.39 is 5.97 Å². The van der Waals surface area contributed by atoms with Gasteiger partial charge in [0.2, 0.25) is 0 Å². The molecule has 2 rings (SSSR count). The van der Waals surface area contributed by atoms with Gasteiger partial charge in [0.25, 0.3) is 0 Å². The van der Waals surface area contributed by atoms with Crippen molar-refractivity contribution in [2.75, 3.05) is 11.4 Å². The number of anilines is 1. The SMILES string of the molecule is CCN(Cc1ccccc1)c1ccc(/C=C(\C#N)C(=O)OC(C)C)cc1. The molecule has 0 saturated heterocycles. The van der Waals surface area contributed by atoms with E-state index >= 15 is 0 Å². The third-order valence-corrected chi connectivity index (χ3v) is 3.85. The molecule has 0 spiro atoms. The fraction of sp³-hybridized carbons (Fsp3) is 0.273. The molecule has 0 fully saturated rings. The molecule has 0 N–H and O–H groups in total. The van der Waals surface area contributed by atoms with E-state index in [4.69, 9.17) is 4.74 Å². The van der Waals surface area contributed by atoms with E-state index in [0.29, 0.717) is 0 Å². The monoisotopic (exact) mass is 348 g/mol. The molecule has 0 aliphatic heterocycles. The third kappa shape index (κ3) is 5.49. The molecule has 2 aromatic carbocycles. The number of ether oxygens (including phenoxy) is 1. The molecular weight excluding hydrogens is 324 g/mol. The third-order valence-electron chi connectivity index (χ3n) is 3.85. The lowest BCUT2D eigenvalue weighted by atomic mass is 10.1. The number of nitrogens with zero attached hydrogens (tertiary/aromatic N) is 2. The predicted octanol–water partition coefficient (Wildman–Crippen LogP) is 4.57. The number of hydrogen-bond acceptors (Lipinski definition) is 4. The Morgan fingerprint density at radius 3 is 2.35 bits per heavy atom. The first-order valence-corrected chi connectivity index (χ1v) is 8.75. The Labute approximate surface area is 155 Å². The lowest BCUT2D eigenvalue weighted by Crippen LogP contribution is -2.21. The molecule has 0 heterocycles. The summed E-state index contributed by atoms with van der Waals surface area (Å²) in [6.07, 6.45) is 1.31. The van der Waals surface area contributed by atoms with Gasteiger partial charge in [-0.1, -0.05) is 42.5 Å². The van der Waals surface area contributed by atoms with Crippen LogP contribution in [-0.2, 0) is 16.1 Å². The quantitative estimate of drug-likeness (QED) is 0.418. The number of benzene rings is 2. The molecule has 4 nitrogen and oxygen atoms in total. The highest BCUT2D eigenvalue weighted by atomic mass is 16.5. The zero-order valence-electron chi connectivity index (χ0n) is 15.5. The largest absolute Gasteiger partial charge is 0.459 e. The van der Waals surface area contributed by atoms with E-state index in [1.165, 1.54) is 5.56 Å². The highest BCUT2D eigenvalue weighted by Gasteiger charge is 2.12. The van der Waals surface area contributed by atoms with E-state index in [1.807, 2.05) is 48.5 Å². The Kier molecular flexibility index (Phi) is 6.99. The van der Waals surface area contributed by atoms with Gasteiger partial charge >= 0.3 is 5.97 Å². The Bertz CT molecular complexity index is 787. The summed E-state index contributed by atoms with van der Waals surface area (Å²) in [6.45, 7) is 7.35. The summed E-state index contributed by atoms with van der Waals surface area (Å²) in [5.41, 5.74) is 3.14. The van der Waals surface area contributed by atoms with Gasteiger partial charge in [-0.2, -0.15) is 5.26 Å². The highest BCUT2D eigenvalue weighted by molar-refractivity contribution is 5.98. The Morgan fingerprint density at radius 2 is 1.81 bits per heavy atom. The van der Waals surface area contributed by atoms with E-state index in [0.717, 1.165) is 24.3 Å². The van der Waals surface area contributed by atoms with Gasteiger partial charge in [0.15, 0.2) is 0 Å². The van der Waals surface area contributed by atoms with Crippen molar-refractivity contribution in [2.24, 2.45) is 0 Å². The Hall–Kier alpha value is -3.06. The molecule has 0 atom stereocenters. The summed E-state index contributed by atoms with van der Waals surface area (Å²) in [4.78, 5) is 14.2. The summed E-state index contributed by atoms with van der Waals surface area (Å²) in [7, 11) is 0. The molecule has 2 aromatic rings. The van der Waals surface area contributed by atoms with E-state index in [9.17, 15) is 10.1 Å². The minimum Gasteiger partial charge on any atom is -0.459 e. The molecule has 0 unspecified atom stereocenters. The van der Waals surface area contributed by atoms with Crippen molar-refractivity contribution in [1.82, 2.24) is 0 Å². The molecule has 0 aliphatic rings. The van der Waals surface area contributed by atoms with Crippen molar-refractivity contribution in [3.05, 3.63) is 71.3 Å². The first-order valence-electron chi connectivity index (χ1n) is 8.75. The topological polar surface area (TPSA) is 53.3 Å². The zero-order valence-corrected chi connectivity index (χ0v) is 15.5. The molecule has 0 aromatic heterocycles. The predicted molar refractivity (Wildman–Crippen MR) is 104 cm³/mol. The van der Waals surface area contributed by atoms with Crippen molar-refractivity contribution >= 4 is 17.7 Å². The van der Waals surface area contributed by atoms with Gasteiger partial charge < -0.3 is 9.64 Å². The van der Waals surface area contributed by atoms with Crippen LogP contribution in [0.15, 0.2) is 60.2 Å². The van der Waals surface area contributed by atoms with Crippen molar-refractivity contribution in [1.29, 1.82) is 5.26 Å². The molecule has 0 aliphatic carbocycles. The maximum atomic E-state index is 11.9. The fourth-order valence-corrected chi connectivity index (χ4v) is 2.55. The highest BCUT2D eigenvalue weighted by Crippen LogP contribution is 2.19. The van der Waals surface area contributed by atoms with Crippen LogP contribution in [0.3, 0.4) is 0 Å². The molecule has 0 bridgehead atoms. The van der Waals surface area contributed by atoms with Crippen LogP contribution >= 0.6 is 0 Å². The van der Waals surface area contributed by atoms with Gasteiger partial charge in [-0.25, -0.2) is 4.79 Å². The number of carbonyl (C=O) groups excluding carboxylic acids is 1. The first-order chi connectivity index (χ1) is 12.5. The second-order valence-electron chi connectivity index (χ2n) is 6.22. The maximum absolute atomic E-state index is 11.9. The van der Waals surface area contributed by atoms with Crippen LogP contribution in [0.1, 0.15) is 31.9 Å². The second-order valence-corrected chi connectivity index (χ2v) is 6.22. The van der Waals surface area contributed by atoms with Crippen LogP contribution in [0, 0.1) is 11.3 Å². The molecule has 26 heavy (non-hydrogen) atoms. The van der Waals surface area contributed by atoms with Gasteiger partial charge in [-0.3, -0.25) is 0 Å². The van der Waals surface area contributed by atoms with Crippen molar-refractivity contribution < 1.29 is 9.53 Å². The minimum atomic E-state index is -0.592. The van der Waals surface area contributed by atoms with Gasteiger partial charge in [-0.05, 0) is 50.1 Å². The van der Waals surface area contributed by atoms with Crippen LogP contribution in [0.5, 0.6) is 0 Å². The molecule has 0 radical (unpaired) electrons. The number of rotatable bonds is 7. The van der Waals surface area contributed by atoms with E-state index in [2.05, 4.69) is 24.0 Å². The summed E-state index contributed by atoms with van der Waals surface area (Å²) in [5.74, 6) is -0.592. The second kappa shape index (κ2) is 9.43. The molecule has 134 valence electrons. The minimum absolute atomic E-state index is 0.00285. The van der Waals surface area contributed by atoms with Crippen LogP contribution in [0.25, 0.3) is 6.08 Å². The van der Waals surface area contributed by atoms with Gasteiger partial charge in [-0.15, -0.1) is 0 Å².